The molecule has 1 heteroatoms. The fraction of sp³-hybridized carbons (Fsp3) is 0.556. The van der Waals surface area contributed by atoms with E-state index in [2.05, 4.69) is 13.0 Å². The van der Waals surface area contributed by atoms with Crippen LogP contribution in [0.1, 0.15) is 26.2 Å². The van der Waals surface area contributed by atoms with Crippen molar-refractivity contribution in [3.8, 4) is 0 Å². The normalized spacial score (nSPS) is 18.2. The minimum atomic E-state index is 0.230. The Morgan fingerprint density at radius 3 is 2.30 bits per heavy atom. The summed E-state index contributed by atoms with van der Waals surface area (Å²) >= 11 is 0. The van der Waals surface area contributed by atoms with Gasteiger partial charge < -0.3 is 5.11 Å². The van der Waals surface area contributed by atoms with Crippen LogP contribution in [0.25, 0.3) is 0 Å². The average molecular weight is 138 g/mol. The second-order valence-corrected chi connectivity index (χ2v) is 2.66. The highest BCUT2D eigenvalue weighted by Crippen LogP contribution is 2.19. The van der Waals surface area contributed by atoms with Gasteiger partial charge in [0.15, 0.2) is 0 Å². The molecule has 0 radical (unpaired) electrons. The monoisotopic (exact) mass is 138 g/mol. The Kier molecular flexibility index (Phi) is 2.69. The Balaban J connectivity index is 2.55. The standard InChI is InChI=1S/C9H14O/c1-2-8-3-5-9(7-10)6-4-8/h3,5,10H,2,4,6-7H2,1H3. The summed E-state index contributed by atoms with van der Waals surface area (Å²) < 4.78 is 0. The van der Waals surface area contributed by atoms with E-state index in [0.29, 0.717) is 0 Å². The zero-order chi connectivity index (χ0) is 7.40. The molecule has 0 aliphatic heterocycles. The van der Waals surface area contributed by atoms with E-state index in [0.717, 1.165) is 24.8 Å². The highest BCUT2D eigenvalue weighted by molar-refractivity contribution is 5.23. The van der Waals surface area contributed by atoms with Gasteiger partial charge in [0.05, 0.1) is 6.61 Å². The Bertz CT molecular complexity index is 146. The number of aliphatic hydroxyl groups excluding tert-OH is 1. The van der Waals surface area contributed by atoms with E-state index >= 15 is 0 Å². The summed E-state index contributed by atoms with van der Waals surface area (Å²) in [6.45, 7) is 2.40. The van der Waals surface area contributed by atoms with Gasteiger partial charge in [0, 0.05) is 0 Å². The summed E-state index contributed by atoms with van der Waals surface area (Å²) in [5, 5.41) is 8.75. The van der Waals surface area contributed by atoms with Gasteiger partial charge >= 0.3 is 0 Å². The Labute approximate surface area is 62.1 Å². The fourth-order valence-electron chi connectivity index (χ4n) is 1.15. The molecule has 0 heterocycles. The van der Waals surface area contributed by atoms with Crippen LogP contribution < -0.4 is 0 Å². The largest absolute Gasteiger partial charge is 0.392 e. The lowest BCUT2D eigenvalue weighted by Crippen LogP contribution is -1.96. The van der Waals surface area contributed by atoms with Crippen molar-refractivity contribution in [3.05, 3.63) is 23.3 Å². The quantitative estimate of drug-likeness (QED) is 0.619. The molecule has 0 saturated carbocycles. The highest BCUT2D eigenvalue weighted by atomic mass is 16.3. The maximum Gasteiger partial charge on any atom is 0.0644 e. The topological polar surface area (TPSA) is 20.2 Å². The van der Waals surface area contributed by atoms with Crippen molar-refractivity contribution in [2.45, 2.75) is 26.2 Å². The lowest BCUT2D eigenvalue weighted by Gasteiger charge is -2.10. The third-order valence-electron chi connectivity index (χ3n) is 1.98. The molecule has 1 aliphatic carbocycles. The summed E-state index contributed by atoms with van der Waals surface area (Å²) in [6.07, 6.45) is 7.52. The molecule has 1 aliphatic rings. The molecule has 1 rings (SSSR count). The molecular weight excluding hydrogens is 124 g/mol. The minimum absolute atomic E-state index is 0.230. The first kappa shape index (κ1) is 7.55. The maximum atomic E-state index is 8.75. The number of hydrogen-bond acceptors (Lipinski definition) is 1. The molecule has 0 saturated heterocycles. The predicted molar refractivity (Wildman–Crippen MR) is 42.8 cm³/mol. The maximum absolute atomic E-state index is 8.75. The molecule has 0 fully saturated rings. The summed E-state index contributed by atoms with van der Waals surface area (Å²) in [5.74, 6) is 0. The van der Waals surface area contributed by atoms with Gasteiger partial charge in [-0.15, -0.1) is 0 Å². The van der Waals surface area contributed by atoms with Crippen LogP contribution in [-0.4, -0.2) is 11.7 Å². The zero-order valence-electron chi connectivity index (χ0n) is 6.43. The van der Waals surface area contributed by atoms with Gasteiger partial charge in [-0.05, 0) is 24.8 Å². The van der Waals surface area contributed by atoms with Crippen molar-refractivity contribution in [2.24, 2.45) is 0 Å². The van der Waals surface area contributed by atoms with Crippen LogP contribution in [0.5, 0.6) is 0 Å². The number of aliphatic hydroxyl groups is 1. The first-order valence-corrected chi connectivity index (χ1v) is 3.85. The highest BCUT2D eigenvalue weighted by Gasteiger charge is 2.02. The lowest BCUT2D eigenvalue weighted by atomic mass is 9.97. The van der Waals surface area contributed by atoms with Crippen molar-refractivity contribution in [1.82, 2.24) is 0 Å². The van der Waals surface area contributed by atoms with E-state index < -0.39 is 0 Å². The van der Waals surface area contributed by atoms with Gasteiger partial charge in [0.1, 0.15) is 0 Å². The van der Waals surface area contributed by atoms with Crippen molar-refractivity contribution in [2.75, 3.05) is 6.61 Å². The fourth-order valence-corrected chi connectivity index (χ4v) is 1.15. The zero-order valence-corrected chi connectivity index (χ0v) is 6.43. The second-order valence-electron chi connectivity index (χ2n) is 2.66. The van der Waals surface area contributed by atoms with Gasteiger partial charge in [-0.1, -0.05) is 24.6 Å². The molecule has 1 nitrogen and oxygen atoms in total. The van der Waals surface area contributed by atoms with Crippen LogP contribution in [0.4, 0.5) is 0 Å². The molecule has 0 bridgehead atoms. The van der Waals surface area contributed by atoms with Crippen LogP contribution in [0, 0.1) is 0 Å². The van der Waals surface area contributed by atoms with Gasteiger partial charge in [-0.25, -0.2) is 0 Å². The Morgan fingerprint density at radius 2 is 1.90 bits per heavy atom. The summed E-state index contributed by atoms with van der Waals surface area (Å²) in [4.78, 5) is 0. The van der Waals surface area contributed by atoms with E-state index in [-0.39, 0.29) is 6.61 Å². The molecule has 0 aromatic heterocycles. The van der Waals surface area contributed by atoms with E-state index in [9.17, 15) is 0 Å². The van der Waals surface area contributed by atoms with E-state index in [1.54, 1.807) is 0 Å². The van der Waals surface area contributed by atoms with Crippen LogP contribution >= 0.6 is 0 Å². The lowest BCUT2D eigenvalue weighted by molar-refractivity contribution is 0.326. The van der Waals surface area contributed by atoms with Crippen molar-refractivity contribution in [1.29, 1.82) is 0 Å². The van der Waals surface area contributed by atoms with Crippen LogP contribution in [0.3, 0.4) is 0 Å². The van der Waals surface area contributed by atoms with Gasteiger partial charge in [0.2, 0.25) is 0 Å². The van der Waals surface area contributed by atoms with Crippen LogP contribution in [0.2, 0.25) is 0 Å². The van der Waals surface area contributed by atoms with Crippen LogP contribution in [-0.2, 0) is 0 Å². The second kappa shape index (κ2) is 3.57. The van der Waals surface area contributed by atoms with Crippen molar-refractivity contribution in [3.63, 3.8) is 0 Å². The first-order valence-electron chi connectivity index (χ1n) is 3.85. The average Bonchev–Trinajstić information content (AvgIpc) is 2.05. The molecular formula is C9H14O. The summed E-state index contributed by atoms with van der Waals surface area (Å²) in [7, 11) is 0. The summed E-state index contributed by atoms with van der Waals surface area (Å²) in [6, 6.07) is 0. The summed E-state index contributed by atoms with van der Waals surface area (Å²) in [5.41, 5.74) is 2.66. The SMILES string of the molecule is CCC1=CC=C(CO)CC1. The van der Waals surface area contributed by atoms with E-state index in [1.807, 2.05) is 6.08 Å². The first-order chi connectivity index (χ1) is 4.86. The van der Waals surface area contributed by atoms with Gasteiger partial charge in [-0.3, -0.25) is 0 Å². The third-order valence-corrected chi connectivity index (χ3v) is 1.98. The van der Waals surface area contributed by atoms with Crippen LogP contribution in [0.15, 0.2) is 23.3 Å². The van der Waals surface area contributed by atoms with Crippen molar-refractivity contribution >= 4 is 0 Å². The third kappa shape index (κ3) is 1.71. The molecule has 0 atom stereocenters. The number of allylic oxidation sites excluding steroid dienone is 3. The number of rotatable bonds is 2. The predicted octanol–water partition coefficient (Wildman–Crippen LogP) is 2.04. The molecule has 0 unspecified atom stereocenters. The van der Waals surface area contributed by atoms with Gasteiger partial charge in [-0.2, -0.15) is 0 Å². The minimum Gasteiger partial charge on any atom is -0.392 e. The van der Waals surface area contributed by atoms with Gasteiger partial charge in [0.25, 0.3) is 0 Å². The molecule has 0 aromatic rings. The van der Waals surface area contributed by atoms with Crippen molar-refractivity contribution < 1.29 is 5.11 Å². The molecule has 0 aromatic carbocycles. The molecule has 1 N–H and O–H groups in total. The number of hydrogen-bond donors (Lipinski definition) is 1. The van der Waals surface area contributed by atoms with E-state index in [1.165, 1.54) is 5.57 Å². The van der Waals surface area contributed by atoms with E-state index in [4.69, 9.17) is 5.11 Å². The smallest absolute Gasteiger partial charge is 0.0644 e. The Morgan fingerprint density at radius 1 is 1.30 bits per heavy atom. The molecule has 0 spiro atoms. The molecule has 0 amide bonds. The Hall–Kier alpha value is -0.560. The molecule has 56 valence electrons. The molecule has 10 heavy (non-hydrogen) atoms.